The molecule has 0 N–H and O–H groups in total. The Kier molecular flexibility index (Phi) is 3.09. The van der Waals surface area contributed by atoms with Gasteiger partial charge in [-0.05, 0) is 46.7 Å². The number of fused-ring (bicyclic) bond motifs is 5. The maximum atomic E-state index is 6.10. The summed E-state index contributed by atoms with van der Waals surface area (Å²) in [5.41, 5.74) is 4.68. The number of hydrogen-bond acceptors (Lipinski definition) is 3. The first-order chi connectivity index (χ1) is 13.8. The zero-order valence-corrected chi connectivity index (χ0v) is 15.3. The fourth-order valence-electron chi connectivity index (χ4n) is 4.03. The van der Waals surface area contributed by atoms with Crippen LogP contribution in [0.1, 0.15) is 5.56 Å². The van der Waals surface area contributed by atoms with Crippen LogP contribution in [0.2, 0.25) is 0 Å². The van der Waals surface area contributed by atoms with Gasteiger partial charge in [0.25, 0.3) is 0 Å². The molecule has 6 rings (SSSR count). The van der Waals surface area contributed by atoms with E-state index >= 15 is 0 Å². The molecule has 6 aromatic rings. The molecule has 0 aliphatic heterocycles. The van der Waals surface area contributed by atoms with Gasteiger partial charge in [-0.3, -0.25) is 0 Å². The van der Waals surface area contributed by atoms with Crippen LogP contribution in [0, 0.1) is 6.92 Å². The quantitative estimate of drug-likeness (QED) is 0.329. The van der Waals surface area contributed by atoms with E-state index in [4.69, 9.17) is 4.42 Å². The standard InChI is InChI=1S/C25H16N2O/c1-15-6-7-18-12-21-22(13-20(18)10-15)28-25-23(21)24(26-14-27-25)19-9-8-16-4-2-3-5-17(16)11-19/h2-14H,1H3. The van der Waals surface area contributed by atoms with E-state index in [1.807, 2.05) is 0 Å². The van der Waals surface area contributed by atoms with E-state index in [0.29, 0.717) is 5.71 Å². The van der Waals surface area contributed by atoms with E-state index < -0.39 is 0 Å². The second-order valence-corrected chi connectivity index (χ2v) is 7.27. The normalized spacial score (nSPS) is 11.8. The van der Waals surface area contributed by atoms with Gasteiger partial charge >= 0.3 is 0 Å². The molecule has 0 fully saturated rings. The third-order valence-corrected chi connectivity index (χ3v) is 5.41. The smallest absolute Gasteiger partial charge is 0.230 e. The highest BCUT2D eigenvalue weighted by Gasteiger charge is 2.16. The molecule has 2 heterocycles. The summed E-state index contributed by atoms with van der Waals surface area (Å²) in [5.74, 6) is 0. The topological polar surface area (TPSA) is 38.9 Å². The molecule has 0 saturated heterocycles. The van der Waals surface area contributed by atoms with Crippen LogP contribution >= 0.6 is 0 Å². The van der Waals surface area contributed by atoms with E-state index in [-0.39, 0.29) is 0 Å². The van der Waals surface area contributed by atoms with E-state index in [2.05, 4.69) is 89.7 Å². The lowest BCUT2D eigenvalue weighted by Crippen LogP contribution is -1.87. The molecule has 0 saturated carbocycles. The van der Waals surface area contributed by atoms with Crippen LogP contribution < -0.4 is 0 Å². The molecule has 3 nitrogen and oxygen atoms in total. The second-order valence-electron chi connectivity index (χ2n) is 7.27. The molecule has 0 bridgehead atoms. The molecule has 0 aliphatic carbocycles. The molecule has 0 aliphatic rings. The molecule has 0 spiro atoms. The van der Waals surface area contributed by atoms with Crippen molar-refractivity contribution in [3.8, 4) is 11.3 Å². The van der Waals surface area contributed by atoms with Crippen LogP contribution in [0.25, 0.3) is 54.9 Å². The van der Waals surface area contributed by atoms with Gasteiger partial charge in [0.1, 0.15) is 11.9 Å². The van der Waals surface area contributed by atoms with Gasteiger partial charge in [-0.15, -0.1) is 0 Å². The number of hydrogen-bond donors (Lipinski definition) is 0. The lowest BCUT2D eigenvalue weighted by atomic mass is 10.0. The summed E-state index contributed by atoms with van der Waals surface area (Å²) in [6.45, 7) is 2.10. The summed E-state index contributed by atoms with van der Waals surface area (Å²) in [4.78, 5) is 9.03. The highest BCUT2D eigenvalue weighted by atomic mass is 16.3. The Bertz CT molecular complexity index is 1530. The number of aryl methyl sites for hydroxylation is 1. The number of furan rings is 1. The van der Waals surface area contributed by atoms with E-state index in [0.717, 1.165) is 27.6 Å². The maximum absolute atomic E-state index is 6.10. The summed E-state index contributed by atoms with van der Waals surface area (Å²) in [6.07, 6.45) is 1.58. The molecular weight excluding hydrogens is 344 g/mol. The molecule has 0 atom stereocenters. The van der Waals surface area contributed by atoms with Crippen molar-refractivity contribution >= 4 is 43.6 Å². The monoisotopic (exact) mass is 360 g/mol. The van der Waals surface area contributed by atoms with Gasteiger partial charge in [0.15, 0.2) is 0 Å². The van der Waals surface area contributed by atoms with Crippen LogP contribution in [-0.2, 0) is 0 Å². The van der Waals surface area contributed by atoms with E-state index in [9.17, 15) is 0 Å². The van der Waals surface area contributed by atoms with Crippen LogP contribution in [0.15, 0.2) is 83.5 Å². The summed E-state index contributed by atoms with van der Waals surface area (Å²) in [5, 5.41) is 6.79. The van der Waals surface area contributed by atoms with Gasteiger partial charge < -0.3 is 4.42 Å². The van der Waals surface area contributed by atoms with Crippen molar-refractivity contribution in [1.82, 2.24) is 9.97 Å². The van der Waals surface area contributed by atoms with Gasteiger partial charge in [-0.2, -0.15) is 0 Å². The third kappa shape index (κ3) is 2.23. The Morgan fingerprint density at radius 3 is 2.46 bits per heavy atom. The molecule has 4 aromatic carbocycles. The van der Waals surface area contributed by atoms with Crippen molar-refractivity contribution in [2.45, 2.75) is 6.92 Å². The third-order valence-electron chi connectivity index (χ3n) is 5.41. The molecule has 28 heavy (non-hydrogen) atoms. The summed E-state index contributed by atoms with van der Waals surface area (Å²) >= 11 is 0. The minimum absolute atomic E-state index is 0.625. The van der Waals surface area contributed by atoms with E-state index in [1.165, 1.54) is 27.1 Å². The largest absolute Gasteiger partial charge is 0.438 e. The van der Waals surface area contributed by atoms with Crippen molar-refractivity contribution in [3.05, 3.63) is 84.7 Å². The predicted molar refractivity (Wildman–Crippen MR) is 114 cm³/mol. The summed E-state index contributed by atoms with van der Waals surface area (Å²) < 4.78 is 6.10. The summed E-state index contributed by atoms with van der Waals surface area (Å²) in [6, 6.07) is 25.6. The van der Waals surface area contributed by atoms with Gasteiger partial charge in [0.05, 0.1) is 11.1 Å². The zero-order valence-electron chi connectivity index (χ0n) is 15.3. The van der Waals surface area contributed by atoms with Gasteiger partial charge in [0, 0.05) is 10.9 Å². The van der Waals surface area contributed by atoms with Gasteiger partial charge in [0.2, 0.25) is 5.71 Å². The van der Waals surface area contributed by atoms with Crippen molar-refractivity contribution in [2.24, 2.45) is 0 Å². The van der Waals surface area contributed by atoms with Crippen LogP contribution in [0.4, 0.5) is 0 Å². The average molecular weight is 360 g/mol. The fourth-order valence-corrected chi connectivity index (χ4v) is 4.03. The number of nitrogens with zero attached hydrogens (tertiary/aromatic N) is 2. The zero-order chi connectivity index (χ0) is 18.7. The number of aromatic nitrogens is 2. The molecule has 3 heteroatoms. The minimum atomic E-state index is 0.625. The molecule has 0 amide bonds. The first-order valence-electron chi connectivity index (χ1n) is 9.33. The fraction of sp³-hybridized carbons (Fsp3) is 0.0400. The Hall–Kier alpha value is -3.72. The molecule has 132 valence electrons. The Balaban J connectivity index is 1.69. The molecule has 0 unspecified atom stereocenters. The first kappa shape index (κ1) is 15.3. The number of rotatable bonds is 1. The Morgan fingerprint density at radius 1 is 0.714 bits per heavy atom. The maximum Gasteiger partial charge on any atom is 0.230 e. The average Bonchev–Trinajstić information content (AvgIpc) is 3.09. The Labute approximate surface area is 161 Å². The second kappa shape index (κ2) is 5.64. The highest BCUT2D eigenvalue weighted by Crippen LogP contribution is 2.37. The van der Waals surface area contributed by atoms with Crippen LogP contribution in [0.3, 0.4) is 0 Å². The van der Waals surface area contributed by atoms with E-state index in [1.54, 1.807) is 6.33 Å². The SMILES string of the molecule is Cc1ccc2cc3c(cc2c1)oc1ncnc(-c2ccc4ccccc4c2)c13. The summed E-state index contributed by atoms with van der Waals surface area (Å²) in [7, 11) is 0. The highest BCUT2D eigenvalue weighted by molar-refractivity contribution is 6.14. The first-order valence-corrected chi connectivity index (χ1v) is 9.33. The van der Waals surface area contributed by atoms with Gasteiger partial charge in [-0.1, -0.05) is 60.2 Å². The lowest BCUT2D eigenvalue weighted by molar-refractivity contribution is 0.653. The van der Waals surface area contributed by atoms with Crippen molar-refractivity contribution < 1.29 is 4.42 Å². The molecular formula is C25H16N2O. The van der Waals surface area contributed by atoms with Crippen molar-refractivity contribution in [2.75, 3.05) is 0 Å². The lowest BCUT2D eigenvalue weighted by Gasteiger charge is -2.05. The van der Waals surface area contributed by atoms with Crippen molar-refractivity contribution in [3.63, 3.8) is 0 Å². The molecule has 0 radical (unpaired) electrons. The van der Waals surface area contributed by atoms with Crippen LogP contribution in [0.5, 0.6) is 0 Å². The van der Waals surface area contributed by atoms with Crippen molar-refractivity contribution in [1.29, 1.82) is 0 Å². The number of benzene rings is 4. The Morgan fingerprint density at radius 2 is 1.54 bits per heavy atom. The molecule has 2 aromatic heterocycles. The van der Waals surface area contributed by atoms with Crippen LogP contribution in [-0.4, -0.2) is 9.97 Å². The predicted octanol–water partition coefficient (Wildman–Crippen LogP) is 6.66. The van der Waals surface area contributed by atoms with Gasteiger partial charge in [-0.25, -0.2) is 9.97 Å². The minimum Gasteiger partial charge on any atom is -0.438 e.